The maximum atomic E-state index is 12.8. The second kappa shape index (κ2) is 9.17. The molecule has 2 N–H and O–H groups in total. The standard InChI is InChI=1S/C20H22N4O4S2/c1-12-23-13(11-29-12)9-16(26)24-6-8-28-15(10-24)17-14-3-2-4-22-20(14)30-18(17)19(27)21-5-7-25/h2-4,11,15,25H,5-10H2,1H3,(H,21,27)/t15-/m1/s1. The number of pyridine rings is 1. The Kier molecular flexibility index (Phi) is 6.38. The van der Waals surface area contributed by atoms with Crippen LogP contribution >= 0.6 is 22.7 Å². The Bertz CT molecular complexity index is 1060. The number of nitrogens with one attached hydrogen (secondary N) is 1. The van der Waals surface area contributed by atoms with Crippen molar-refractivity contribution in [2.75, 3.05) is 32.8 Å². The number of aromatic nitrogens is 2. The number of amides is 2. The number of aliphatic hydroxyl groups excluding tert-OH is 1. The molecule has 1 atom stereocenters. The molecular weight excluding hydrogens is 424 g/mol. The number of thiophene rings is 1. The van der Waals surface area contributed by atoms with Gasteiger partial charge in [0.1, 0.15) is 15.8 Å². The first kappa shape index (κ1) is 20.9. The van der Waals surface area contributed by atoms with Gasteiger partial charge in [-0.2, -0.15) is 0 Å². The van der Waals surface area contributed by atoms with Gasteiger partial charge in [-0.25, -0.2) is 9.97 Å². The minimum atomic E-state index is -0.423. The summed E-state index contributed by atoms with van der Waals surface area (Å²) in [4.78, 5) is 37.3. The van der Waals surface area contributed by atoms with Crippen molar-refractivity contribution in [1.29, 1.82) is 0 Å². The van der Waals surface area contributed by atoms with E-state index in [0.29, 0.717) is 24.6 Å². The number of ether oxygens (including phenoxy) is 1. The summed E-state index contributed by atoms with van der Waals surface area (Å²) >= 11 is 2.82. The minimum Gasteiger partial charge on any atom is -0.395 e. The Morgan fingerprint density at radius 1 is 1.43 bits per heavy atom. The highest BCUT2D eigenvalue weighted by atomic mass is 32.1. The van der Waals surface area contributed by atoms with E-state index in [0.717, 1.165) is 26.5 Å². The SMILES string of the molecule is Cc1nc(CC(=O)N2CCO[C@@H](c3c(C(=O)NCCO)sc4ncccc34)C2)cs1. The van der Waals surface area contributed by atoms with E-state index in [1.165, 1.54) is 22.7 Å². The Morgan fingerprint density at radius 3 is 3.07 bits per heavy atom. The number of fused-ring (bicyclic) bond motifs is 1. The molecule has 30 heavy (non-hydrogen) atoms. The first-order valence-corrected chi connectivity index (χ1v) is 11.3. The largest absolute Gasteiger partial charge is 0.395 e. The van der Waals surface area contributed by atoms with Gasteiger partial charge in [0.2, 0.25) is 5.91 Å². The van der Waals surface area contributed by atoms with E-state index in [4.69, 9.17) is 9.84 Å². The van der Waals surface area contributed by atoms with Crippen molar-refractivity contribution in [1.82, 2.24) is 20.2 Å². The van der Waals surface area contributed by atoms with E-state index in [9.17, 15) is 9.59 Å². The number of carbonyl (C=O) groups is 2. The smallest absolute Gasteiger partial charge is 0.261 e. The highest BCUT2D eigenvalue weighted by Crippen LogP contribution is 2.37. The van der Waals surface area contributed by atoms with E-state index in [1.54, 1.807) is 11.1 Å². The fourth-order valence-electron chi connectivity index (χ4n) is 3.50. The quantitative estimate of drug-likeness (QED) is 0.600. The molecular formula is C20H22N4O4S2. The van der Waals surface area contributed by atoms with Crippen molar-refractivity contribution in [3.05, 3.63) is 44.9 Å². The fourth-order valence-corrected chi connectivity index (χ4v) is 5.22. The highest BCUT2D eigenvalue weighted by molar-refractivity contribution is 7.20. The molecule has 0 unspecified atom stereocenters. The molecule has 158 valence electrons. The lowest BCUT2D eigenvalue weighted by molar-refractivity contribution is -0.138. The molecule has 0 spiro atoms. The van der Waals surface area contributed by atoms with E-state index >= 15 is 0 Å². The number of aryl methyl sites for hydroxylation is 1. The van der Waals surface area contributed by atoms with Crippen LogP contribution in [-0.4, -0.2) is 64.6 Å². The van der Waals surface area contributed by atoms with Gasteiger partial charge < -0.3 is 20.1 Å². The number of nitrogens with zero attached hydrogens (tertiary/aromatic N) is 3. The van der Waals surface area contributed by atoms with Crippen LogP contribution in [0.1, 0.15) is 32.0 Å². The summed E-state index contributed by atoms with van der Waals surface area (Å²) in [6, 6.07) is 3.74. The number of carbonyl (C=O) groups excluding carboxylic acids is 2. The first-order chi connectivity index (χ1) is 14.6. The summed E-state index contributed by atoms with van der Waals surface area (Å²) < 4.78 is 6.00. The third-order valence-electron chi connectivity index (χ3n) is 4.85. The molecule has 0 aliphatic carbocycles. The van der Waals surface area contributed by atoms with Crippen LogP contribution < -0.4 is 5.32 Å². The Labute approximate surface area is 181 Å². The van der Waals surface area contributed by atoms with Crippen LogP contribution in [0.3, 0.4) is 0 Å². The molecule has 0 bridgehead atoms. The third-order valence-corrected chi connectivity index (χ3v) is 6.80. The molecule has 1 fully saturated rings. The van der Waals surface area contributed by atoms with Gasteiger partial charge in [-0.1, -0.05) is 6.07 Å². The van der Waals surface area contributed by atoms with Crippen LogP contribution in [0.5, 0.6) is 0 Å². The minimum absolute atomic E-state index is 0.00228. The van der Waals surface area contributed by atoms with Crippen LogP contribution in [0, 0.1) is 6.92 Å². The van der Waals surface area contributed by atoms with Crippen molar-refractivity contribution in [2.24, 2.45) is 0 Å². The predicted octanol–water partition coefficient (Wildman–Crippen LogP) is 1.93. The van der Waals surface area contributed by atoms with Gasteiger partial charge >= 0.3 is 0 Å². The van der Waals surface area contributed by atoms with Crippen LogP contribution in [0.2, 0.25) is 0 Å². The van der Waals surface area contributed by atoms with Crippen LogP contribution in [0.25, 0.3) is 10.2 Å². The van der Waals surface area contributed by atoms with Crippen LogP contribution in [0.4, 0.5) is 0 Å². The number of hydrogen-bond acceptors (Lipinski definition) is 8. The zero-order chi connectivity index (χ0) is 21.1. The monoisotopic (exact) mass is 446 g/mol. The second-order valence-corrected chi connectivity index (χ2v) is 8.98. The summed E-state index contributed by atoms with van der Waals surface area (Å²) in [6.07, 6.45) is 1.52. The molecule has 1 aliphatic rings. The van der Waals surface area contributed by atoms with Gasteiger partial charge in [-0.05, 0) is 13.0 Å². The average molecular weight is 447 g/mol. The Hall–Kier alpha value is -2.40. The molecule has 0 saturated carbocycles. The first-order valence-electron chi connectivity index (χ1n) is 9.63. The number of aliphatic hydroxyl groups is 1. The second-order valence-electron chi connectivity index (χ2n) is 6.91. The molecule has 2 amide bonds. The van der Waals surface area contributed by atoms with Crippen molar-refractivity contribution >= 4 is 44.7 Å². The Balaban J connectivity index is 1.59. The lowest BCUT2D eigenvalue weighted by Crippen LogP contribution is -2.43. The van der Waals surface area contributed by atoms with Crippen molar-refractivity contribution in [3.63, 3.8) is 0 Å². The summed E-state index contributed by atoms with van der Waals surface area (Å²) in [5.74, 6) is -0.274. The number of hydrogen-bond donors (Lipinski definition) is 2. The average Bonchev–Trinajstić information content (AvgIpc) is 3.35. The molecule has 4 heterocycles. The van der Waals surface area contributed by atoms with Crippen molar-refractivity contribution in [3.8, 4) is 0 Å². The van der Waals surface area contributed by atoms with Crippen LogP contribution in [-0.2, 0) is 16.0 Å². The van der Waals surface area contributed by atoms with Crippen molar-refractivity contribution in [2.45, 2.75) is 19.4 Å². The van der Waals surface area contributed by atoms with Crippen LogP contribution in [0.15, 0.2) is 23.7 Å². The predicted molar refractivity (Wildman–Crippen MR) is 115 cm³/mol. The number of thiazole rings is 1. The molecule has 4 rings (SSSR count). The van der Waals surface area contributed by atoms with Gasteiger partial charge in [0.25, 0.3) is 5.91 Å². The van der Waals surface area contributed by atoms with Gasteiger partial charge in [0.15, 0.2) is 0 Å². The highest BCUT2D eigenvalue weighted by Gasteiger charge is 2.31. The summed E-state index contributed by atoms with van der Waals surface area (Å²) in [5, 5.41) is 15.5. The molecule has 10 heteroatoms. The third kappa shape index (κ3) is 4.36. The molecule has 0 aromatic carbocycles. The fraction of sp³-hybridized carbons (Fsp3) is 0.400. The number of rotatable bonds is 6. The zero-order valence-corrected chi connectivity index (χ0v) is 18.1. The van der Waals surface area contributed by atoms with Gasteiger partial charge in [-0.15, -0.1) is 22.7 Å². The van der Waals surface area contributed by atoms with Crippen molar-refractivity contribution < 1.29 is 19.4 Å². The lowest BCUT2D eigenvalue weighted by Gasteiger charge is -2.33. The summed E-state index contributed by atoms with van der Waals surface area (Å²) in [5.41, 5.74) is 1.53. The molecule has 3 aromatic rings. The zero-order valence-electron chi connectivity index (χ0n) is 16.5. The molecule has 8 nitrogen and oxygen atoms in total. The normalized spacial score (nSPS) is 16.7. The maximum absolute atomic E-state index is 12.8. The topological polar surface area (TPSA) is 105 Å². The van der Waals surface area contributed by atoms with Gasteiger partial charge in [-0.3, -0.25) is 9.59 Å². The molecule has 3 aromatic heterocycles. The maximum Gasteiger partial charge on any atom is 0.261 e. The lowest BCUT2D eigenvalue weighted by atomic mass is 10.0. The summed E-state index contributed by atoms with van der Waals surface area (Å²) in [6.45, 7) is 3.21. The number of morpholine rings is 1. The van der Waals surface area contributed by atoms with Gasteiger partial charge in [0.05, 0.1) is 36.9 Å². The van der Waals surface area contributed by atoms with E-state index in [-0.39, 0.29) is 31.4 Å². The van der Waals surface area contributed by atoms with E-state index in [2.05, 4.69) is 15.3 Å². The van der Waals surface area contributed by atoms with Gasteiger partial charge in [0, 0.05) is 35.6 Å². The summed E-state index contributed by atoms with van der Waals surface area (Å²) in [7, 11) is 0. The molecule has 0 radical (unpaired) electrons. The molecule has 1 saturated heterocycles. The van der Waals surface area contributed by atoms with E-state index in [1.807, 2.05) is 24.4 Å². The Morgan fingerprint density at radius 2 is 2.30 bits per heavy atom. The molecule has 1 aliphatic heterocycles. The van der Waals surface area contributed by atoms with E-state index < -0.39 is 6.10 Å².